The average molecular weight is 301 g/mol. The Balaban J connectivity index is 1.75. The van der Waals surface area contributed by atoms with Crippen molar-refractivity contribution in [1.82, 2.24) is 20.4 Å². The minimum Gasteiger partial charge on any atom is -0.354 e. The number of carbonyl (C=O) groups excluding carboxylic acids is 2. The monoisotopic (exact) mass is 301 g/mol. The van der Waals surface area contributed by atoms with Gasteiger partial charge in [-0.25, -0.2) is 4.68 Å². The highest BCUT2D eigenvalue weighted by Crippen LogP contribution is 2.07. The molecule has 2 amide bonds. The molecule has 7 nitrogen and oxygen atoms in total. The lowest BCUT2D eigenvalue weighted by molar-refractivity contribution is -0.125. The van der Waals surface area contributed by atoms with Gasteiger partial charge in [-0.2, -0.15) is 5.10 Å². The number of hydrogen-bond acceptors (Lipinski definition) is 4. The van der Waals surface area contributed by atoms with E-state index in [0.717, 1.165) is 11.3 Å². The molecule has 2 aromatic rings. The minimum absolute atomic E-state index is 0.0562. The highest BCUT2D eigenvalue weighted by Gasteiger charge is 2.04. The van der Waals surface area contributed by atoms with Crippen molar-refractivity contribution in [2.75, 3.05) is 19.6 Å². The first-order valence-electron chi connectivity index (χ1n) is 7.01. The van der Waals surface area contributed by atoms with E-state index in [0.29, 0.717) is 13.0 Å². The first kappa shape index (κ1) is 15.7. The second-order valence-electron chi connectivity index (χ2n) is 4.71. The molecule has 0 radical (unpaired) electrons. The molecule has 116 valence electrons. The molecule has 0 spiro atoms. The van der Waals surface area contributed by atoms with Crippen LogP contribution >= 0.6 is 0 Å². The number of amides is 2. The summed E-state index contributed by atoms with van der Waals surface area (Å²) in [6.45, 7) is 0.309. The first-order valence-corrected chi connectivity index (χ1v) is 7.01. The molecule has 0 aliphatic rings. The third kappa shape index (κ3) is 4.71. The summed E-state index contributed by atoms with van der Waals surface area (Å²) in [5.74, 6) is -0.587. The number of rotatable bonds is 7. The van der Waals surface area contributed by atoms with E-state index in [2.05, 4.69) is 15.7 Å². The Morgan fingerprint density at radius 2 is 1.91 bits per heavy atom. The molecule has 2 rings (SSSR count). The van der Waals surface area contributed by atoms with Crippen LogP contribution in [0.25, 0.3) is 5.69 Å². The molecule has 1 heterocycles. The quantitative estimate of drug-likeness (QED) is 0.648. The highest BCUT2D eigenvalue weighted by molar-refractivity contribution is 5.85. The molecule has 0 unspecified atom stereocenters. The van der Waals surface area contributed by atoms with E-state index in [1.54, 1.807) is 10.9 Å². The Bertz CT molecular complexity index is 624. The zero-order valence-electron chi connectivity index (χ0n) is 12.2. The van der Waals surface area contributed by atoms with E-state index >= 15 is 0 Å². The molecule has 0 saturated carbocycles. The minimum atomic E-state index is -0.348. The normalized spacial score (nSPS) is 10.2. The van der Waals surface area contributed by atoms with Gasteiger partial charge in [0.1, 0.15) is 0 Å². The largest absolute Gasteiger partial charge is 0.354 e. The van der Waals surface area contributed by atoms with E-state index in [1.165, 1.54) is 0 Å². The van der Waals surface area contributed by atoms with Gasteiger partial charge in [0.05, 0.1) is 25.0 Å². The van der Waals surface area contributed by atoms with E-state index in [1.807, 2.05) is 36.5 Å². The topological polar surface area (TPSA) is 102 Å². The molecule has 0 aliphatic heterocycles. The summed E-state index contributed by atoms with van der Waals surface area (Å²) in [5, 5.41) is 9.43. The molecule has 1 aromatic carbocycles. The van der Waals surface area contributed by atoms with E-state index < -0.39 is 0 Å². The van der Waals surface area contributed by atoms with Crippen LogP contribution in [0.15, 0.2) is 42.7 Å². The fourth-order valence-electron chi connectivity index (χ4n) is 1.87. The van der Waals surface area contributed by atoms with Crippen molar-refractivity contribution in [2.45, 2.75) is 6.42 Å². The van der Waals surface area contributed by atoms with Crippen molar-refractivity contribution in [3.05, 3.63) is 48.3 Å². The number of hydrogen-bond donors (Lipinski definition) is 3. The van der Waals surface area contributed by atoms with Gasteiger partial charge in [-0.3, -0.25) is 9.59 Å². The summed E-state index contributed by atoms with van der Waals surface area (Å²) in [4.78, 5) is 22.4. The van der Waals surface area contributed by atoms with Crippen molar-refractivity contribution in [2.24, 2.45) is 5.73 Å². The van der Waals surface area contributed by atoms with Crippen molar-refractivity contribution >= 4 is 11.8 Å². The van der Waals surface area contributed by atoms with Gasteiger partial charge in [0.25, 0.3) is 0 Å². The molecule has 0 aliphatic carbocycles. The maximum atomic E-state index is 11.5. The van der Waals surface area contributed by atoms with Crippen LogP contribution in [0, 0.1) is 0 Å². The number of carbonyl (C=O) groups is 2. The van der Waals surface area contributed by atoms with Crippen LogP contribution in [0.4, 0.5) is 0 Å². The number of nitrogens with zero attached hydrogens (tertiary/aromatic N) is 2. The number of aromatic nitrogens is 2. The van der Waals surface area contributed by atoms with Crippen molar-refractivity contribution in [3.63, 3.8) is 0 Å². The fourth-order valence-corrected chi connectivity index (χ4v) is 1.87. The second kappa shape index (κ2) is 7.94. The lowest BCUT2D eigenvalue weighted by atomic mass is 10.2. The molecule has 22 heavy (non-hydrogen) atoms. The van der Waals surface area contributed by atoms with Gasteiger partial charge in [-0.1, -0.05) is 18.2 Å². The molecule has 0 atom stereocenters. The second-order valence-corrected chi connectivity index (χ2v) is 4.71. The molecule has 4 N–H and O–H groups in total. The predicted octanol–water partition coefficient (Wildman–Crippen LogP) is -0.394. The summed E-state index contributed by atoms with van der Waals surface area (Å²) in [6, 6.07) is 9.79. The highest BCUT2D eigenvalue weighted by atomic mass is 16.2. The molecular weight excluding hydrogens is 282 g/mol. The average Bonchev–Trinajstić information content (AvgIpc) is 3.02. The third-order valence-electron chi connectivity index (χ3n) is 3.02. The van der Waals surface area contributed by atoms with Gasteiger partial charge in [-0.05, 0) is 24.1 Å². The Labute approximate surface area is 128 Å². The van der Waals surface area contributed by atoms with Crippen molar-refractivity contribution < 1.29 is 9.59 Å². The molecule has 0 fully saturated rings. The zero-order valence-corrected chi connectivity index (χ0v) is 12.2. The van der Waals surface area contributed by atoms with Gasteiger partial charge in [-0.15, -0.1) is 0 Å². The zero-order chi connectivity index (χ0) is 15.8. The SMILES string of the molecule is NCC(=O)NCC(=O)NCCc1cnn(-c2ccccc2)c1. The Kier molecular flexibility index (Phi) is 5.67. The van der Waals surface area contributed by atoms with E-state index in [-0.39, 0.29) is 24.9 Å². The van der Waals surface area contributed by atoms with Crippen LogP contribution in [0.2, 0.25) is 0 Å². The van der Waals surface area contributed by atoms with Crippen LogP contribution in [0.3, 0.4) is 0 Å². The Hall–Kier alpha value is -2.67. The van der Waals surface area contributed by atoms with Crippen LogP contribution < -0.4 is 16.4 Å². The molecule has 7 heteroatoms. The maximum absolute atomic E-state index is 11.5. The molecule has 0 bridgehead atoms. The molecular formula is C15H19N5O2. The van der Waals surface area contributed by atoms with Crippen LogP contribution in [0.1, 0.15) is 5.56 Å². The first-order chi connectivity index (χ1) is 10.7. The van der Waals surface area contributed by atoms with Crippen LogP contribution in [0.5, 0.6) is 0 Å². The summed E-state index contributed by atoms with van der Waals surface area (Å²) in [6.07, 6.45) is 4.37. The van der Waals surface area contributed by atoms with Gasteiger partial charge in [0, 0.05) is 12.7 Å². The molecule has 0 saturated heterocycles. The maximum Gasteiger partial charge on any atom is 0.239 e. The van der Waals surface area contributed by atoms with E-state index in [4.69, 9.17) is 5.73 Å². The third-order valence-corrected chi connectivity index (χ3v) is 3.02. The van der Waals surface area contributed by atoms with E-state index in [9.17, 15) is 9.59 Å². The lowest BCUT2D eigenvalue weighted by Gasteiger charge is -2.05. The summed E-state index contributed by atoms with van der Waals surface area (Å²) < 4.78 is 1.79. The number of para-hydroxylation sites is 1. The Morgan fingerprint density at radius 3 is 2.64 bits per heavy atom. The van der Waals surface area contributed by atoms with Gasteiger partial charge in [0.15, 0.2) is 0 Å². The smallest absolute Gasteiger partial charge is 0.239 e. The van der Waals surface area contributed by atoms with Crippen LogP contribution in [-0.4, -0.2) is 41.2 Å². The molecule has 1 aromatic heterocycles. The van der Waals surface area contributed by atoms with Gasteiger partial charge in [0.2, 0.25) is 11.8 Å². The summed E-state index contributed by atoms with van der Waals surface area (Å²) >= 11 is 0. The lowest BCUT2D eigenvalue weighted by Crippen LogP contribution is -2.40. The predicted molar refractivity (Wildman–Crippen MR) is 82.3 cm³/mol. The Morgan fingerprint density at radius 1 is 1.14 bits per heavy atom. The summed E-state index contributed by atoms with van der Waals surface area (Å²) in [7, 11) is 0. The fraction of sp³-hybridized carbons (Fsp3) is 0.267. The summed E-state index contributed by atoms with van der Waals surface area (Å²) in [5.41, 5.74) is 7.14. The number of benzene rings is 1. The van der Waals surface area contributed by atoms with Crippen molar-refractivity contribution in [3.8, 4) is 5.69 Å². The van der Waals surface area contributed by atoms with Crippen molar-refractivity contribution in [1.29, 1.82) is 0 Å². The number of nitrogens with two attached hydrogens (primary N) is 1. The van der Waals surface area contributed by atoms with Crippen LogP contribution in [-0.2, 0) is 16.0 Å². The van der Waals surface area contributed by atoms with Gasteiger partial charge >= 0.3 is 0 Å². The van der Waals surface area contributed by atoms with Gasteiger partial charge < -0.3 is 16.4 Å². The number of nitrogens with one attached hydrogen (secondary N) is 2. The standard InChI is InChI=1S/C15H19N5O2/c16-8-14(21)18-10-15(22)17-7-6-12-9-19-20(11-12)13-4-2-1-3-5-13/h1-5,9,11H,6-8,10,16H2,(H,17,22)(H,18,21).